The van der Waals surface area contributed by atoms with E-state index in [4.69, 9.17) is 5.11 Å². The van der Waals surface area contributed by atoms with Crippen molar-refractivity contribution in [3.63, 3.8) is 0 Å². The Morgan fingerprint density at radius 3 is 1.62 bits per heavy atom. The summed E-state index contributed by atoms with van der Waals surface area (Å²) < 4.78 is 0. The van der Waals surface area contributed by atoms with E-state index in [0.29, 0.717) is 5.75 Å². The van der Waals surface area contributed by atoms with Crippen molar-refractivity contribution in [1.29, 1.82) is 0 Å². The molecule has 0 rings (SSSR count). The molecule has 0 spiro atoms. The summed E-state index contributed by atoms with van der Waals surface area (Å²) in [5.41, 5.74) is 0. The third-order valence-corrected chi connectivity index (χ3v) is 5.75. The SMILES string of the molecule is CCCCCCCCCCCCCCCCSC[C@H](NC(C)=O)C(=O)O. The fourth-order valence-electron chi connectivity index (χ4n) is 3.02. The second kappa shape index (κ2) is 19.1. The van der Waals surface area contributed by atoms with Gasteiger partial charge in [0.2, 0.25) is 5.91 Å². The lowest BCUT2D eigenvalue weighted by Gasteiger charge is -2.12. The number of rotatable bonds is 19. The minimum absolute atomic E-state index is 0.283. The molecule has 26 heavy (non-hydrogen) atoms. The van der Waals surface area contributed by atoms with E-state index in [9.17, 15) is 9.59 Å². The average Bonchev–Trinajstić information content (AvgIpc) is 2.59. The molecule has 0 aliphatic heterocycles. The first-order valence-corrected chi connectivity index (χ1v) is 11.8. The molecule has 0 unspecified atom stereocenters. The molecule has 2 N–H and O–H groups in total. The first-order chi connectivity index (χ1) is 12.6. The van der Waals surface area contributed by atoms with E-state index in [2.05, 4.69) is 12.2 Å². The van der Waals surface area contributed by atoms with Gasteiger partial charge in [-0.05, 0) is 12.2 Å². The molecule has 0 heterocycles. The van der Waals surface area contributed by atoms with Gasteiger partial charge in [0.15, 0.2) is 0 Å². The van der Waals surface area contributed by atoms with Crippen LogP contribution < -0.4 is 5.32 Å². The van der Waals surface area contributed by atoms with Crippen molar-refractivity contribution in [2.45, 2.75) is 110 Å². The zero-order valence-electron chi connectivity index (χ0n) is 17.1. The number of carbonyl (C=O) groups excluding carboxylic acids is 1. The minimum Gasteiger partial charge on any atom is -0.480 e. The molecule has 4 nitrogen and oxygen atoms in total. The lowest BCUT2D eigenvalue weighted by atomic mass is 10.0. The first-order valence-electron chi connectivity index (χ1n) is 10.7. The van der Waals surface area contributed by atoms with Crippen molar-refractivity contribution in [2.75, 3.05) is 11.5 Å². The maximum atomic E-state index is 11.0. The molecule has 0 aliphatic carbocycles. The Morgan fingerprint density at radius 1 is 0.808 bits per heavy atom. The fraction of sp³-hybridized carbons (Fsp3) is 0.905. The molecule has 0 aromatic carbocycles. The molecule has 1 atom stereocenters. The van der Waals surface area contributed by atoms with Gasteiger partial charge in [0.1, 0.15) is 6.04 Å². The van der Waals surface area contributed by atoms with Gasteiger partial charge in [0.05, 0.1) is 0 Å². The monoisotopic (exact) mass is 387 g/mol. The van der Waals surface area contributed by atoms with Crippen molar-refractivity contribution < 1.29 is 14.7 Å². The summed E-state index contributed by atoms with van der Waals surface area (Å²) in [6.07, 6.45) is 18.9. The molecular formula is C21H41NO3S. The molecule has 154 valence electrons. The quantitative estimate of drug-likeness (QED) is 0.275. The fourth-order valence-corrected chi connectivity index (χ4v) is 4.06. The maximum absolute atomic E-state index is 11.0. The van der Waals surface area contributed by atoms with Crippen LogP contribution in [0.5, 0.6) is 0 Å². The van der Waals surface area contributed by atoms with Crippen LogP contribution in [0.15, 0.2) is 0 Å². The molecule has 1 amide bonds. The molecule has 0 aromatic heterocycles. The van der Waals surface area contributed by atoms with E-state index in [0.717, 1.165) is 12.2 Å². The third kappa shape index (κ3) is 18.1. The van der Waals surface area contributed by atoms with E-state index in [-0.39, 0.29) is 5.91 Å². The number of aliphatic carboxylic acids is 1. The highest BCUT2D eigenvalue weighted by atomic mass is 32.2. The smallest absolute Gasteiger partial charge is 0.327 e. The Bertz CT molecular complexity index is 350. The van der Waals surface area contributed by atoms with Crippen LogP contribution in [0.4, 0.5) is 0 Å². The summed E-state index contributed by atoms with van der Waals surface area (Å²) >= 11 is 1.62. The highest BCUT2D eigenvalue weighted by Gasteiger charge is 2.17. The molecule has 5 heteroatoms. The highest BCUT2D eigenvalue weighted by Crippen LogP contribution is 2.14. The molecular weight excluding hydrogens is 346 g/mol. The van der Waals surface area contributed by atoms with Crippen molar-refractivity contribution in [3.05, 3.63) is 0 Å². The van der Waals surface area contributed by atoms with E-state index >= 15 is 0 Å². The van der Waals surface area contributed by atoms with Crippen molar-refractivity contribution in [2.24, 2.45) is 0 Å². The van der Waals surface area contributed by atoms with Gasteiger partial charge in [-0.15, -0.1) is 0 Å². The molecule has 0 saturated heterocycles. The summed E-state index contributed by atoms with van der Waals surface area (Å²) in [4.78, 5) is 21.9. The first kappa shape index (κ1) is 25.3. The maximum Gasteiger partial charge on any atom is 0.327 e. The molecule has 0 aromatic rings. The largest absolute Gasteiger partial charge is 0.480 e. The second-order valence-corrected chi connectivity index (χ2v) is 8.41. The average molecular weight is 388 g/mol. The number of carboxylic acid groups (broad SMARTS) is 1. The van der Waals surface area contributed by atoms with E-state index in [1.54, 1.807) is 11.8 Å². The Kier molecular flexibility index (Phi) is 18.5. The van der Waals surface area contributed by atoms with Gasteiger partial charge in [-0.25, -0.2) is 4.79 Å². The van der Waals surface area contributed by atoms with E-state index in [1.807, 2.05) is 0 Å². The zero-order valence-corrected chi connectivity index (χ0v) is 17.9. The van der Waals surface area contributed by atoms with Crippen LogP contribution in [-0.2, 0) is 9.59 Å². The normalized spacial score (nSPS) is 12.1. The van der Waals surface area contributed by atoms with Crippen LogP contribution in [0.3, 0.4) is 0 Å². The number of carbonyl (C=O) groups is 2. The predicted octanol–water partition coefficient (Wildman–Crippen LogP) is 5.79. The number of nitrogens with one attached hydrogen (secondary N) is 1. The highest BCUT2D eigenvalue weighted by molar-refractivity contribution is 7.99. The Hall–Kier alpha value is -0.710. The number of unbranched alkanes of at least 4 members (excludes halogenated alkanes) is 13. The number of amides is 1. The molecule has 0 radical (unpaired) electrons. The van der Waals surface area contributed by atoms with Crippen LogP contribution in [0, 0.1) is 0 Å². The lowest BCUT2D eigenvalue weighted by Crippen LogP contribution is -2.41. The van der Waals surface area contributed by atoms with Crippen molar-refractivity contribution in [1.82, 2.24) is 5.32 Å². The number of hydrogen-bond acceptors (Lipinski definition) is 3. The van der Waals surface area contributed by atoms with Gasteiger partial charge in [-0.3, -0.25) is 4.79 Å². The third-order valence-electron chi connectivity index (χ3n) is 4.60. The van der Waals surface area contributed by atoms with Gasteiger partial charge in [0.25, 0.3) is 0 Å². The summed E-state index contributed by atoms with van der Waals surface area (Å²) in [6.45, 7) is 3.62. The van der Waals surface area contributed by atoms with Crippen LogP contribution in [0.2, 0.25) is 0 Å². The summed E-state index contributed by atoms with van der Waals surface area (Å²) in [6, 6.07) is -0.760. The summed E-state index contributed by atoms with van der Waals surface area (Å²) in [7, 11) is 0. The van der Waals surface area contributed by atoms with Gasteiger partial charge in [0, 0.05) is 12.7 Å². The zero-order chi connectivity index (χ0) is 19.5. The molecule has 0 aliphatic rings. The standard InChI is InChI=1S/C21H41NO3S/c1-3-4-5-6-7-8-9-10-11-12-13-14-15-16-17-26-18-20(21(24)25)22-19(2)23/h20H,3-18H2,1-2H3,(H,22,23)(H,24,25)/t20-/m0/s1. The summed E-state index contributed by atoms with van der Waals surface area (Å²) in [5.74, 6) is 0.192. The summed E-state index contributed by atoms with van der Waals surface area (Å²) in [5, 5.41) is 11.5. The second-order valence-electron chi connectivity index (χ2n) is 7.26. The van der Waals surface area contributed by atoms with Gasteiger partial charge in [-0.2, -0.15) is 11.8 Å². The predicted molar refractivity (Wildman–Crippen MR) is 113 cm³/mol. The lowest BCUT2D eigenvalue weighted by molar-refractivity contribution is -0.140. The van der Waals surface area contributed by atoms with Gasteiger partial charge in [-0.1, -0.05) is 90.4 Å². The van der Waals surface area contributed by atoms with Crippen LogP contribution in [0.25, 0.3) is 0 Å². The Labute approximate surface area is 165 Å². The number of thioether (sulfide) groups is 1. The number of hydrogen-bond donors (Lipinski definition) is 2. The molecule has 0 bridgehead atoms. The number of carboxylic acids is 1. The minimum atomic E-state index is -0.950. The Morgan fingerprint density at radius 2 is 1.23 bits per heavy atom. The van der Waals surface area contributed by atoms with Crippen LogP contribution in [-0.4, -0.2) is 34.5 Å². The topological polar surface area (TPSA) is 66.4 Å². The van der Waals surface area contributed by atoms with E-state index in [1.165, 1.54) is 90.4 Å². The van der Waals surface area contributed by atoms with Gasteiger partial charge < -0.3 is 10.4 Å². The van der Waals surface area contributed by atoms with Crippen molar-refractivity contribution in [3.8, 4) is 0 Å². The van der Waals surface area contributed by atoms with Crippen molar-refractivity contribution >= 4 is 23.6 Å². The molecule has 0 fully saturated rings. The van der Waals surface area contributed by atoms with Gasteiger partial charge >= 0.3 is 5.97 Å². The van der Waals surface area contributed by atoms with Crippen LogP contribution in [0.1, 0.15) is 104 Å². The van der Waals surface area contributed by atoms with Crippen LogP contribution >= 0.6 is 11.8 Å². The molecule has 0 saturated carbocycles. The Balaban J connectivity index is 3.26. The van der Waals surface area contributed by atoms with E-state index < -0.39 is 12.0 Å².